The average molecular weight is 278 g/mol. The zero-order chi connectivity index (χ0) is 14.5. The first-order valence-electron chi connectivity index (χ1n) is 7.45. The summed E-state index contributed by atoms with van der Waals surface area (Å²) in [4.78, 5) is 2.38. The van der Waals surface area contributed by atoms with E-state index >= 15 is 0 Å². The van der Waals surface area contributed by atoms with E-state index in [1.54, 1.807) is 0 Å². The SMILES string of the molecule is CCOc1cc2c(cc1CNCCO)CC(C)N(C)C2. The van der Waals surface area contributed by atoms with Gasteiger partial charge >= 0.3 is 0 Å². The molecular weight excluding hydrogens is 252 g/mol. The number of aliphatic hydroxyl groups excluding tert-OH is 1. The predicted octanol–water partition coefficient (Wildman–Crippen LogP) is 1.54. The van der Waals surface area contributed by atoms with E-state index in [0.717, 1.165) is 25.3 Å². The zero-order valence-electron chi connectivity index (χ0n) is 12.8. The number of hydrogen-bond acceptors (Lipinski definition) is 4. The third-order valence-corrected chi connectivity index (χ3v) is 3.97. The van der Waals surface area contributed by atoms with Crippen molar-refractivity contribution in [2.24, 2.45) is 0 Å². The van der Waals surface area contributed by atoms with E-state index in [2.05, 4.69) is 36.3 Å². The number of nitrogens with one attached hydrogen (secondary N) is 1. The minimum atomic E-state index is 0.163. The summed E-state index contributed by atoms with van der Waals surface area (Å²) in [5.74, 6) is 0.972. The summed E-state index contributed by atoms with van der Waals surface area (Å²) < 4.78 is 5.77. The molecule has 1 unspecified atom stereocenters. The van der Waals surface area contributed by atoms with Gasteiger partial charge in [-0.15, -0.1) is 0 Å². The maximum Gasteiger partial charge on any atom is 0.124 e. The Hall–Kier alpha value is -1.10. The second-order valence-corrected chi connectivity index (χ2v) is 5.53. The molecule has 1 aromatic rings. The number of rotatable bonds is 6. The standard InChI is InChI=1S/C16H26N2O2/c1-4-20-16-9-15-11-18(3)12(2)7-13(15)8-14(16)10-17-5-6-19/h8-9,12,17,19H,4-7,10-11H2,1-3H3. The van der Waals surface area contributed by atoms with Crippen LogP contribution in [0.5, 0.6) is 5.75 Å². The molecule has 0 saturated heterocycles. The molecule has 0 aromatic heterocycles. The number of likely N-dealkylation sites (N-methyl/N-ethyl adjacent to an activating group) is 1. The van der Waals surface area contributed by atoms with Gasteiger partial charge in [-0.05, 0) is 44.5 Å². The molecule has 0 amide bonds. The van der Waals surface area contributed by atoms with Crippen molar-refractivity contribution in [3.05, 3.63) is 28.8 Å². The summed E-state index contributed by atoms with van der Waals surface area (Å²) in [6.45, 7) is 7.46. The van der Waals surface area contributed by atoms with E-state index in [-0.39, 0.29) is 6.61 Å². The highest BCUT2D eigenvalue weighted by Gasteiger charge is 2.21. The summed E-state index contributed by atoms with van der Waals surface area (Å²) in [5, 5.41) is 12.1. The first kappa shape index (κ1) is 15.3. The highest BCUT2D eigenvalue weighted by molar-refractivity contribution is 5.44. The maximum atomic E-state index is 8.87. The topological polar surface area (TPSA) is 44.7 Å². The number of fused-ring (bicyclic) bond motifs is 1. The number of hydrogen-bond donors (Lipinski definition) is 2. The van der Waals surface area contributed by atoms with Crippen molar-refractivity contribution >= 4 is 0 Å². The van der Waals surface area contributed by atoms with Crippen molar-refractivity contribution < 1.29 is 9.84 Å². The van der Waals surface area contributed by atoms with Crippen LogP contribution in [0.25, 0.3) is 0 Å². The van der Waals surface area contributed by atoms with Crippen LogP contribution in [-0.4, -0.2) is 42.9 Å². The predicted molar refractivity (Wildman–Crippen MR) is 81.0 cm³/mol. The van der Waals surface area contributed by atoms with Crippen LogP contribution in [0.2, 0.25) is 0 Å². The Kier molecular flexibility index (Phi) is 5.40. The van der Waals surface area contributed by atoms with Crippen LogP contribution in [0.1, 0.15) is 30.5 Å². The number of ether oxygens (including phenoxy) is 1. The van der Waals surface area contributed by atoms with Crippen LogP contribution >= 0.6 is 0 Å². The summed E-state index contributed by atoms with van der Waals surface area (Å²) >= 11 is 0. The van der Waals surface area contributed by atoms with E-state index in [1.165, 1.54) is 16.7 Å². The molecule has 0 radical (unpaired) electrons. The van der Waals surface area contributed by atoms with Crippen molar-refractivity contribution in [1.82, 2.24) is 10.2 Å². The maximum absolute atomic E-state index is 8.87. The molecule has 20 heavy (non-hydrogen) atoms. The first-order valence-corrected chi connectivity index (χ1v) is 7.45. The third kappa shape index (κ3) is 3.51. The molecule has 0 bridgehead atoms. The first-order chi connectivity index (χ1) is 9.65. The van der Waals surface area contributed by atoms with Gasteiger partial charge in [0.2, 0.25) is 0 Å². The van der Waals surface area contributed by atoms with E-state index in [4.69, 9.17) is 9.84 Å². The largest absolute Gasteiger partial charge is 0.494 e. The Bertz CT molecular complexity index is 448. The highest BCUT2D eigenvalue weighted by Crippen LogP contribution is 2.29. The molecule has 1 atom stereocenters. The average Bonchev–Trinajstić information content (AvgIpc) is 2.42. The van der Waals surface area contributed by atoms with Gasteiger partial charge in [-0.3, -0.25) is 4.90 Å². The van der Waals surface area contributed by atoms with Crippen LogP contribution in [0, 0.1) is 0 Å². The van der Waals surface area contributed by atoms with Gasteiger partial charge in [-0.2, -0.15) is 0 Å². The molecule has 0 saturated carbocycles. The van der Waals surface area contributed by atoms with Crippen LogP contribution in [-0.2, 0) is 19.5 Å². The fraction of sp³-hybridized carbons (Fsp3) is 0.625. The molecular formula is C16H26N2O2. The monoisotopic (exact) mass is 278 g/mol. The van der Waals surface area contributed by atoms with Crippen LogP contribution in [0.15, 0.2) is 12.1 Å². The smallest absolute Gasteiger partial charge is 0.124 e. The minimum Gasteiger partial charge on any atom is -0.494 e. The second-order valence-electron chi connectivity index (χ2n) is 5.53. The Balaban J connectivity index is 2.23. The van der Waals surface area contributed by atoms with Gasteiger partial charge in [-0.25, -0.2) is 0 Å². The lowest BCUT2D eigenvalue weighted by Gasteiger charge is -2.32. The molecule has 1 aromatic carbocycles. The van der Waals surface area contributed by atoms with Crippen LogP contribution in [0.4, 0.5) is 0 Å². The lowest BCUT2D eigenvalue weighted by molar-refractivity contribution is 0.230. The van der Waals surface area contributed by atoms with Gasteiger partial charge in [0.15, 0.2) is 0 Å². The normalized spacial score (nSPS) is 18.9. The lowest BCUT2D eigenvalue weighted by Crippen LogP contribution is -2.35. The van der Waals surface area contributed by atoms with E-state index in [9.17, 15) is 0 Å². The van der Waals surface area contributed by atoms with Crippen molar-refractivity contribution in [3.63, 3.8) is 0 Å². The molecule has 0 aliphatic carbocycles. The lowest BCUT2D eigenvalue weighted by atomic mass is 9.93. The molecule has 112 valence electrons. The molecule has 2 N–H and O–H groups in total. The summed E-state index contributed by atoms with van der Waals surface area (Å²) in [7, 11) is 2.17. The molecule has 1 aliphatic rings. The second kappa shape index (κ2) is 7.07. The van der Waals surface area contributed by atoms with Crippen LogP contribution in [0.3, 0.4) is 0 Å². The summed E-state index contributed by atoms with van der Waals surface area (Å²) in [5.41, 5.74) is 4.00. The van der Waals surface area contributed by atoms with Crippen molar-refractivity contribution in [2.75, 3.05) is 26.8 Å². The van der Waals surface area contributed by atoms with Crippen molar-refractivity contribution in [2.45, 2.75) is 39.4 Å². The van der Waals surface area contributed by atoms with Gasteiger partial charge in [0.25, 0.3) is 0 Å². The zero-order valence-corrected chi connectivity index (χ0v) is 12.8. The molecule has 1 heterocycles. The fourth-order valence-corrected chi connectivity index (χ4v) is 2.68. The van der Waals surface area contributed by atoms with Gasteiger partial charge in [-0.1, -0.05) is 6.07 Å². The third-order valence-electron chi connectivity index (χ3n) is 3.97. The molecule has 1 aliphatic heterocycles. The Morgan fingerprint density at radius 1 is 1.40 bits per heavy atom. The Morgan fingerprint density at radius 2 is 2.20 bits per heavy atom. The fourth-order valence-electron chi connectivity index (χ4n) is 2.68. The van der Waals surface area contributed by atoms with Crippen molar-refractivity contribution in [3.8, 4) is 5.75 Å². The van der Waals surface area contributed by atoms with Gasteiger partial charge in [0.05, 0.1) is 13.2 Å². The number of aliphatic hydroxyl groups is 1. The molecule has 4 heteroatoms. The molecule has 2 rings (SSSR count). The minimum absolute atomic E-state index is 0.163. The quantitative estimate of drug-likeness (QED) is 0.775. The summed E-state index contributed by atoms with van der Waals surface area (Å²) in [6, 6.07) is 5.05. The molecule has 0 fully saturated rings. The van der Waals surface area contributed by atoms with E-state index in [0.29, 0.717) is 19.2 Å². The van der Waals surface area contributed by atoms with Gasteiger partial charge in [0, 0.05) is 31.2 Å². The van der Waals surface area contributed by atoms with Gasteiger partial charge in [0.1, 0.15) is 5.75 Å². The number of nitrogens with zero attached hydrogens (tertiary/aromatic N) is 1. The summed E-state index contributed by atoms with van der Waals surface area (Å²) in [6.07, 6.45) is 1.09. The molecule has 4 nitrogen and oxygen atoms in total. The van der Waals surface area contributed by atoms with E-state index in [1.807, 2.05) is 6.92 Å². The van der Waals surface area contributed by atoms with E-state index < -0.39 is 0 Å². The van der Waals surface area contributed by atoms with Crippen LogP contribution < -0.4 is 10.1 Å². The van der Waals surface area contributed by atoms with Crippen molar-refractivity contribution in [1.29, 1.82) is 0 Å². The Labute approximate surface area is 121 Å². The van der Waals surface area contributed by atoms with Gasteiger partial charge < -0.3 is 15.2 Å². The number of benzene rings is 1. The highest BCUT2D eigenvalue weighted by atomic mass is 16.5. The molecule has 0 spiro atoms. The Morgan fingerprint density at radius 3 is 2.90 bits per heavy atom.